The number of carbonyl (C=O) groups excluding carboxylic acids is 2. The van der Waals surface area contributed by atoms with Crippen molar-refractivity contribution in [2.24, 2.45) is 0 Å². The minimum atomic E-state index is -3.64. The molecule has 2 amide bonds. The second kappa shape index (κ2) is 7.72. The Morgan fingerprint density at radius 2 is 2.00 bits per heavy atom. The van der Waals surface area contributed by atoms with Crippen molar-refractivity contribution in [2.75, 3.05) is 26.0 Å². The number of amides is 2. The average Bonchev–Trinajstić information content (AvgIpc) is 2.97. The number of rotatable bonds is 6. The fourth-order valence-electron chi connectivity index (χ4n) is 1.85. The molecule has 0 saturated heterocycles. The SMILES string of the molecule is Cc1csc(NC(=O)CNC(=O)c2cccc(S(=O)(=O)N(C)C)c2)n1. The molecule has 1 aromatic carbocycles. The molecule has 8 nitrogen and oxygen atoms in total. The van der Waals surface area contributed by atoms with Gasteiger partial charge in [-0.25, -0.2) is 17.7 Å². The van der Waals surface area contributed by atoms with Crippen molar-refractivity contribution in [1.82, 2.24) is 14.6 Å². The van der Waals surface area contributed by atoms with Crippen molar-refractivity contribution < 1.29 is 18.0 Å². The first-order chi connectivity index (χ1) is 11.7. The topological polar surface area (TPSA) is 108 Å². The molecule has 0 fully saturated rings. The van der Waals surface area contributed by atoms with Crippen molar-refractivity contribution >= 4 is 38.3 Å². The minimum Gasteiger partial charge on any atom is -0.343 e. The van der Waals surface area contributed by atoms with E-state index in [1.54, 1.807) is 5.38 Å². The van der Waals surface area contributed by atoms with E-state index in [9.17, 15) is 18.0 Å². The number of nitrogens with one attached hydrogen (secondary N) is 2. The zero-order chi connectivity index (χ0) is 18.6. The average molecular weight is 382 g/mol. The second-order valence-corrected chi connectivity index (χ2v) is 8.35. The molecule has 0 aliphatic heterocycles. The van der Waals surface area contributed by atoms with E-state index in [1.807, 2.05) is 6.92 Å². The van der Waals surface area contributed by atoms with Crippen LogP contribution in [0.4, 0.5) is 5.13 Å². The zero-order valence-electron chi connectivity index (χ0n) is 13.9. The van der Waals surface area contributed by atoms with E-state index in [0.29, 0.717) is 5.13 Å². The van der Waals surface area contributed by atoms with Crippen molar-refractivity contribution in [3.8, 4) is 0 Å². The summed E-state index contributed by atoms with van der Waals surface area (Å²) in [4.78, 5) is 28.1. The molecule has 0 aliphatic rings. The predicted molar refractivity (Wildman–Crippen MR) is 95.1 cm³/mol. The first kappa shape index (κ1) is 19.0. The summed E-state index contributed by atoms with van der Waals surface area (Å²) in [6, 6.07) is 5.63. The van der Waals surface area contributed by atoms with Gasteiger partial charge in [-0.15, -0.1) is 11.3 Å². The van der Waals surface area contributed by atoms with Gasteiger partial charge in [-0.1, -0.05) is 6.07 Å². The van der Waals surface area contributed by atoms with Gasteiger partial charge in [0.25, 0.3) is 5.91 Å². The van der Waals surface area contributed by atoms with Crippen molar-refractivity contribution in [1.29, 1.82) is 0 Å². The largest absolute Gasteiger partial charge is 0.343 e. The van der Waals surface area contributed by atoms with Crippen LogP contribution in [-0.4, -0.2) is 50.2 Å². The van der Waals surface area contributed by atoms with Gasteiger partial charge in [0.1, 0.15) is 0 Å². The Kier molecular flexibility index (Phi) is 5.88. The highest BCUT2D eigenvalue weighted by atomic mass is 32.2. The first-order valence-electron chi connectivity index (χ1n) is 7.23. The fourth-order valence-corrected chi connectivity index (χ4v) is 3.50. The molecule has 2 rings (SSSR count). The highest BCUT2D eigenvalue weighted by molar-refractivity contribution is 7.89. The Morgan fingerprint density at radius 3 is 2.60 bits per heavy atom. The monoisotopic (exact) mass is 382 g/mol. The van der Waals surface area contributed by atoms with Crippen LogP contribution >= 0.6 is 11.3 Å². The van der Waals surface area contributed by atoms with Crippen LogP contribution in [0, 0.1) is 6.92 Å². The van der Waals surface area contributed by atoms with Gasteiger partial charge in [0.05, 0.1) is 17.1 Å². The van der Waals surface area contributed by atoms with Gasteiger partial charge in [0.15, 0.2) is 5.13 Å². The number of benzene rings is 1. The number of sulfonamides is 1. The lowest BCUT2D eigenvalue weighted by molar-refractivity contribution is -0.115. The van der Waals surface area contributed by atoms with Crippen LogP contribution in [-0.2, 0) is 14.8 Å². The summed E-state index contributed by atoms with van der Waals surface area (Å²) in [5, 5.41) is 7.27. The van der Waals surface area contributed by atoms with E-state index in [1.165, 1.54) is 49.7 Å². The normalized spacial score (nSPS) is 11.4. The summed E-state index contributed by atoms with van der Waals surface area (Å²) in [6.07, 6.45) is 0. The van der Waals surface area contributed by atoms with E-state index in [2.05, 4.69) is 15.6 Å². The summed E-state index contributed by atoms with van der Waals surface area (Å²) in [6.45, 7) is 1.56. The number of anilines is 1. The van der Waals surface area contributed by atoms with Gasteiger partial charge in [-0.2, -0.15) is 0 Å². The van der Waals surface area contributed by atoms with Gasteiger partial charge in [-0.05, 0) is 25.1 Å². The zero-order valence-corrected chi connectivity index (χ0v) is 15.6. The van der Waals surface area contributed by atoms with Crippen LogP contribution in [0.15, 0.2) is 34.5 Å². The Hall–Kier alpha value is -2.30. The molecule has 1 heterocycles. The number of hydrogen-bond donors (Lipinski definition) is 2. The van der Waals surface area contributed by atoms with Crippen LogP contribution < -0.4 is 10.6 Å². The lowest BCUT2D eigenvalue weighted by Crippen LogP contribution is -2.33. The smallest absolute Gasteiger partial charge is 0.251 e. The number of aromatic nitrogens is 1. The summed E-state index contributed by atoms with van der Waals surface area (Å²) in [5.74, 6) is -0.957. The fraction of sp³-hybridized carbons (Fsp3) is 0.267. The maximum atomic E-state index is 12.1. The Balaban J connectivity index is 2.00. The summed E-state index contributed by atoms with van der Waals surface area (Å²) in [7, 11) is -0.816. The van der Waals surface area contributed by atoms with Crippen molar-refractivity contribution in [2.45, 2.75) is 11.8 Å². The van der Waals surface area contributed by atoms with Crippen molar-refractivity contribution in [3.05, 3.63) is 40.9 Å². The van der Waals surface area contributed by atoms with Gasteiger partial charge >= 0.3 is 0 Å². The number of carbonyl (C=O) groups is 2. The molecule has 2 aromatic rings. The quantitative estimate of drug-likeness (QED) is 0.777. The molecule has 0 radical (unpaired) electrons. The molecular weight excluding hydrogens is 364 g/mol. The van der Waals surface area contributed by atoms with Gasteiger partial charge in [0.2, 0.25) is 15.9 Å². The summed E-state index contributed by atoms with van der Waals surface area (Å²) >= 11 is 1.29. The maximum Gasteiger partial charge on any atom is 0.251 e. The van der Waals surface area contributed by atoms with E-state index < -0.39 is 21.8 Å². The number of thiazole rings is 1. The molecule has 0 unspecified atom stereocenters. The highest BCUT2D eigenvalue weighted by Gasteiger charge is 2.19. The molecule has 0 saturated carbocycles. The predicted octanol–water partition coefficient (Wildman–Crippen LogP) is 1.07. The third-order valence-electron chi connectivity index (χ3n) is 3.15. The van der Waals surface area contributed by atoms with Crippen LogP contribution in [0.25, 0.3) is 0 Å². The molecule has 25 heavy (non-hydrogen) atoms. The maximum absolute atomic E-state index is 12.1. The first-order valence-corrected chi connectivity index (χ1v) is 9.55. The third kappa shape index (κ3) is 4.84. The minimum absolute atomic E-state index is 0.00728. The van der Waals surface area contributed by atoms with E-state index in [0.717, 1.165) is 10.00 Å². The van der Waals surface area contributed by atoms with Gasteiger partial charge < -0.3 is 10.6 Å². The number of nitrogens with zero attached hydrogens (tertiary/aromatic N) is 2. The van der Waals surface area contributed by atoms with Gasteiger partial charge in [0, 0.05) is 25.0 Å². The lowest BCUT2D eigenvalue weighted by Gasteiger charge is -2.12. The van der Waals surface area contributed by atoms with Crippen LogP contribution in [0.2, 0.25) is 0 Å². The van der Waals surface area contributed by atoms with Crippen molar-refractivity contribution in [3.63, 3.8) is 0 Å². The van der Waals surface area contributed by atoms with Crippen LogP contribution in [0.1, 0.15) is 16.1 Å². The Labute approximate surface area is 149 Å². The lowest BCUT2D eigenvalue weighted by atomic mass is 10.2. The third-order valence-corrected chi connectivity index (χ3v) is 5.84. The molecule has 0 bridgehead atoms. The number of hydrogen-bond acceptors (Lipinski definition) is 6. The highest BCUT2D eigenvalue weighted by Crippen LogP contribution is 2.15. The Bertz CT molecular complexity index is 890. The van der Waals surface area contributed by atoms with E-state index in [4.69, 9.17) is 0 Å². The second-order valence-electron chi connectivity index (χ2n) is 5.34. The van der Waals surface area contributed by atoms with Gasteiger partial charge in [-0.3, -0.25) is 9.59 Å². The standard InChI is InChI=1S/C15H18N4O4S2/c1-10-9-24-15(17-10)18-13(20)8-16-14(21)11-5-4-6-12(7-11)25(22,23)19(2)3/h4-7,9H,8H2,1-3H3,(H,16,21)(H,17,18,20). The molecule has 0 spiro atoms. The number of aryl methyl sites for hydroxylation is 1. The molecule has 1 aromatic heterocycles. The molecule has 134 valence electrons. The Morgan fingerprint density at radius 1 is 1.28 bits per heavy atom. The van der Waals surface area contributed by atoms with E-state index in [-0.39, 0.29) is 17.0 Å². The molecule has 0 aliphatic carbocycles. The van der Waals surface area contributed by atoms with Crippen LogP contribution in [0.3, 0.4) is 0 Å². The molecule has 2 N–H and O–H groups in total. The molecule has 0 atom stereocenters. The molecular formula is C15H18N4O4S2. The van der Waals surface area contributed by atoms with E-state index >= 15 is 0 Å². The summed E-state index contributed by atoms with van der Waals surface area (Å²) < 4.78 is 25.3. The van der Waals surface area contributed by atoms with Crippen LogP contribution in [0.5, 0.6) is 0 Å². The molecule has 10 heteroatoms. The summed E-state index contributed by atoms with van der Waals surface area (Å²) in [5.41, 5.74) is 0.948.